The van der Waals surface area contributed by atoms with Crippen LogP contribution in [0.15, 0.2) is 53.2 Å². The monoisotopic (exact) mass is 468 g/mol. The molecule has 0 saturated carbocycles. The Morgan fingerprint density at radius 2 is 1.94 bits per heavy atom. The first-order valence-corrected chi connectivity index (χ1v) is 10.9. The van der Waals surface area contributed by atoms with Crippen molar-refractivity contribution in [1.82, 2.24) is 15.2 Å². The molecular weight excluding hydrogens is 448 g/mol. The summed E-state index contributed by atoms with van der Waals surface area (Å²) >= 11 is 5.96. The number of para-hydroxylation sites is 1. The van der Waals surface area contributed by atoms with E-state index in [1.165, 1.54) is 0 Å². The minimum atomic E-state index is -0.744. The van der Waals surface area contributed by atoms with Crippen molar-refractivity contribution in [2.45, 2.75) is 25.6 Å². The molecule has 2 fully saturated rings. The van der Waals surface area contributed by atoms with Crippen LogP contribution < -0.4 is 9.64 Å². The standard InChI is InChI=1S/C23H21ClN4O5/c1-15-19(26-33-25-15)12-31-20-5-3-2-4-18(20)21(29)27-11-10-23(13-27)14-28(22(30)32-23)17-8-6-16(24)7-9-17/h2-9H,10-14H2,1H3/t23-/m0/s1. The summed E-state index contributed by atoms with van der Waals surface area (Å²) in [5.74, 6) is 0.260. The predicted molar refractivity (Wildman–Crippen MR) is 118 cm³/mol. The highest BCUT2D eigenvalue weighted by molar-refractivity contribution is 6.30. The second-order valence-corrected chi connectivity index (χ2v) is 8.61. The highest BCUT2D eigenvalue weighted by Gasteiger charge is 2.51. The van der Waals surface area contributed by atoms with Gasteiger partial charge in [0.2, 0.25) is 0 Å². The molecule has 0 aliphatic carbocycles. The van der Waals surface area contributed by atoms with Crippen LogP contribution in [-0.2, 0) is 11.3 Å². The van der Waals surface area contributed by atoms with E-state index in [2.05, 4.69) is 10.3 Å². The zero-order chi connectivity index (χ0) is 23.0. The van der Waals surface area contributed by atoms with Crippen LogP contribution in [0.1, 0.15) is 28.2 Å². The molecular formula is C23H21ClN4O5. The Morgan fingerprint density at radius 1 is 1.15 bits per heavy atom. The summed E-state index contributed by atoms with van der Waals surface area (Å²) in [6.07, 6.45) is 0.133. The number of aromatic nitrogens is 2. The van der Waals surface area contributed by atoms with Gasteiger partial charge in [0, 0.05) is 23.7 Å². The Morgan fingerprint density at radius 3 is 2.70 bits per heavy atom. The number of nitrogens with zero attached hydrogens (tertiary/aromatic N) is 4. The van der Waals surface area contributed by atoms with Gasteiger partial charge in [-0.15, -0.1) is 0 Å². The average Bonchev–Trinajstić information content (AvgIpc) is 3.51. The highest BCUT2D eigenvalue weighted by atomic mass is 35.5. The number of anilines is 1. The van der Waals surface area contributed by atoms with E-state index in [4.69, 9.17) is 25.7 Å². The van der Waals surface area contributed by atoms with Gasteiger partial charge in [-0.25, -0.2) is 9.42 Å². The zero-order valence-electron chi connectivity index (χ0n) is 17.9. The Bertz CT molecular complexity index is 1200. The van der Waals surface area contributed by atoms with Crippen molar-refractivity contribution in [1.29, 1.82) is 0 Å². The number of likely N-dealkylation sites (tertiary alicyclic amines) is 1. The zero-order valence-corrected chi connectivity index (χ0v) is 18.6. The maximum Gasteiger partial charge on any atom is 0.415 e. The van der Waals surface area contributed by atoms with Crippen LogP contribution in [0.5, 0.6) is 5.75 Å². The second kappa shape index (κ2) is 8.40. The van der Waals surface area contributed by atoms with E-state index in [9.17, 15) is 9.59 Å². The van der Waals surface area contributed by atoms with Crippen molar-refractivity contribution in [3.8, 4) is 5.75 Å². The molecule has 1 atom stereocenters. The van der Waals surface area contributed by atoms with E-state index in [1.807, 2.05) is 0 Å². The lowest BCUT2D eigenvalue weighted by atomic mass is 10.0. The number of carbonyl (C=O) groups is 2. The van der Waals surface area contributed by atoms with Gasteiger partial charge in [-0.1, -0.05) is 34.0 Å². The van der Waals surface area contributed by atoms with Gasteiger partial charge in [0.15, 0.2) is 5.60 Å². The van der Waals surface area contributed by atoms with Gasteiger partial charge >= 0.3 is 6.09 Å². The lowest BCUT2D eigenvalue weighted by Gasteiger charge is -2.23. The third-order valence-electron chi connectivity index (χ3n) is 5.94. The molecule has 9 nitrogen and oxygen atoms in total. The first-order chi connectivity index (χ1) is 15.9. The number of halogens is 1. The van der Waals surface area contributed by atoms with E-state index < -0.39 is 11.7 Å². The molecule has 33 heavy (non-hydrogen) atoms. The molecule has 2 aromatic carbocycles. The van der Waals surface area contributed by atoms with Crippen LogP contribution >= 0.6 is 11.6 Å². The summed E-state index contributed by atoms with van der Waals surface area (Å²) in [6, 6.07) is 14.1. The first kappa shape index (κ1) is 21.3. The van der Waals surface area contributed by atoms with E-state index in [-0.39, 0.29) is 12.5 Å². The molecule has 0 N–H and O–H groups in total. The first-order valence-electron chi connectivity index (χ1n) is 10.5. The van der Waals surface area contributed by atoms with Gasteiger partial charge in [-0.3, -0.25) is 9.69 Å². The Balaban J connectivity index is 1.29. The second-order valence-electron chi connectivity index (χ2n) is 8.17. The van der Waals surface area contributed by atoms with E-state index in [0.717, 1.165) is 0 Å². The Labute approximate surface area is 194 Å². The number of hydrogen-bond donors (Lipinski definition) is 0. The van der Waals surface area contributed by atoms with Crippen molar-refractivity contribution >= 4 is 29.3 Å². The summed E-state index contributed by atoms with van der Waals surface area (Å²) in [4.78, 5) is 29.2. The van der Waals surface area contributed by atoms with Crippen molar-refractivity contribution in [2.24, 2.45) is 0 Å². The fourth-order valence-corrected chi connectivity index (χ4v) is 4.27. The SMILES string of the molecule is Cc1nonc1COc1ccccc1C(=O)N1CC[C@]2(C1)CN(c1ccc(Cl)cc1)C(=O)O2. The van der Waals surface area contributed by atoms with Gasteiger partial charge in [-0.05, 0) is 43.3 Å². The van der Waals surface area contributed by atoms with Crippen LogP contribution in [-0.4, -0.2) is 52.4 Å². The number of hydrogen-bond acceptors (Lipinski definition) is 7. The number of carbonyl (C=O) groups excluding carboxylic acids is 2. The van der Waals surface area contributed by atoms with Gasteiger partial charge in [0.25, 0.3) is 5.91 Å². The molecule has 1 spiro atoms. The van der Waals surface area contributed by atoms with E-state index in [0.29, 0.717) is 59.5 Å². The number of benzene rings is 2. The van der Waals surface area contributed by atoms with Gasteiger partial charge < -0.3 is 14.4 Å². The summed E-state index contributed by atoms with van der Waals surface area (Å²) in [5.41, 5.74) is 1.60. The molecule has 3 aromatic rings. The molecule has 0 unspecified atom stereocenters. The number of rotatable bonds is 5. The molecule has 2 amide bonds. The maximum atomic E-state index is 13.3. The largest absolute Gasteiger partial charge is 0.486 e. The quantitative estimate of drug-likeness (QED) is 0.560. The fraction of sp³-hybridized carbons (Fsp3) is 0.304. The van der Waals surface area contributed by atoms with Crippen molar-refractivity contribution in [2.75, 3.05) is 24.5 Å². The van der Waals surface area contributed by atoms with E-state index >= 15 is 0 Å². The molecule has 2 aliphatic rings. The number of ether oxygens (including phenoxy) is 2. The van der Waals surface area contributed by atoms with Gasteiger partial charge in [0.05, 0.1) is 18.7 Å². The molecule has 2 aliphatic heterocycles. The third kappa shape index (κ3) is 4.11. The third-order valence-corrected chi connectivity index (χ3v) is 6.19. The normalized spacial score (nSPS) is 19.9. The molecule has 0 bridgehead atoms. The van der Waals surface area contributed by atoms with Crippen LogP contribution in [0.2, 0.25) is 5.02 Å². The molecule has 170 valence electrons. The van der Waals surface area contributed by atoms with Crippen molar-refractivity contribution in [3.63, 3.8) is 0 Å². The Hall–Kier alpha value is -3.59. The summed E-state index contributed by atoms with van der Waals surface area (Å²) in [7, 11) is 0. The molecule has 2 saturated heterocycles. The van der Waals surface area contributed by atoms with Crippen LogP contribution in [0.3, 0.4) is 0 Å². The van der Waals surface area contributed by atoms with Gasteiger partial charge in [-0.2, -0.15) is 0 Å². The maximum absolute atomic E-state index is 13.3. The Kier molecular flexibility index (Phi) is 5.41. The molecule has 0 radical (unpaired) electrons. The van der Waals surface area contributed by atoms with Crippen LogP contribution in [0.25, 0.3) is 0 Å². The van der Waals surface area contributed by atoms with Gasteiger partial charge in [0.1, 0.15) is 23.7 Å². The predicted octanol–water partition coefficient (Wildman–Crippen LogP) is 3.85. The molecule has 5 rings (SSSR count). The fourth-order valence-electron chi connectivity index (χ4n) is 4.14. The van der Waals surface area contributed by atoms with Crippen LogP contribution in [0, 0.1) is 6.92 Å². The summed E-state index contributed by atoms with van der Waals surface area (Å²) in [6.45, 7) is 3.06. The van der Waals surface area contributed by atoms with Crippen molar-refractivity contribution < 1.29 is 23.7 Å². The lowest BCUT2D eigenvalue weighted by molar-refractivity contribution is 0.0551. The van der Waals surface area contributed by atoms with Crippen LogP contribution in [0.4, 0.5) is 10.5 Å². The minimum absolute atomic E-state index is 0.136. The topological polar surface area (TPSA) is 98.0 Å². The van der Waals surface area contributed by atoms with E-state index in [1.54, 1.807) is 65.3 Å². The number of aryl methyl sites for hydroxylation is 1. The molecule has 10 heteroatoms. The van der Waals surface area contributed by atoms with Crippen molar-refractivity contribution in [3.05, 3.63) is 70.5 Å². The highest BCUT2D eigenvalue weighted by Crippen LogP contribution is 2.36. The smallest absolute Gasteiger partial charge is 0.415 e. The molecule has 1 aromatic heterocycles. The molecule has 3 heterocycles. The summed E-state index contributed by atoms with van der Waals surface area (Å²) < 4.78 is 16.3. The number of amides is 2. The average molecular weight is 469 g/mol. The summed E-state index contributed by atoms with van der Waals surface area (Å²) in [5, 5.41) is 8.14. The minimum Gasteiger partial charge on any atom is -0.486 e. The lowest BCUT2D eigenvalue weighted by Crippen LogP contribution is -2.39.